The predicted molar refractivity (Wildman–Crippen MR) is 98.3 cm³/mol. The van der Waals surface area contributed by atoms with Crippen LogP contribution in [0, 0.1) is 0 Å². The number of amides is 1. The number of rotatable bonds is 4. The van der Waals surface area contributed by atoms with Gasteiger partial charge in [-0.3, -0.25) is 4.79 Å². The number of hydrogen-bond donors (Lipinski definition) is 2. The number of benzene rings is 2. The highest BCUT2D eigenvalue weighted by Gasteiger charge is 2.07. The Morgan fingerprint density at radius 1 is 1.14 bits per heavy atom. The molecule has 0 heterocycles. The molecule has 2 N–H and O–H groups in total. The van der Waals surface area contributed by atoms with Gasteiger partial charge in [-0.2, -0.15) is 0 Å². The van der Waals surface area contributed by atoms with Gasteiger partial charge < -0.3 is 10.6 Å². The van der Waals surface area contributed by atoms with Crippen molar-refractivity contribution in [2.24, 2.45) is 0 Å². The van der Waals surface area contributed by atoms with Gasteiger partial charge in [0.2, 0.25) is 5.91 Å². The molecule has 0 aromatic heterocycles. The molecule has 2 rings (SSSR count). The number of hydrogen-bond acceptors (Lipinski definition) is 2. The predicted octanol–water partition coefficient (Wildman–Crippen LogP) is 4.55. The van der Waals surface area contributed by atoms with Crippen molar-refractivity contribution in [3.05, 3.63) is 63.6 Å². The topological polar surface area (TPSA) is 41.1 Å². The second kappa shape index (κ2) is 8.27. The smallest absolute Gasteiger partial charge is 0.226 e. The zero-order valence-corrected chi connectivity index (χ0v) is 14.8. The van der Waals surface area contributed by atoms with Gasteiger partial charge >= 0.3 is 0 Å². The van der Waals surface area contributed by atoms with Crippen molar-refractivity contribution in [2.75, 3.05) is 5.32 Å². The first kappa shape index (κ1) is 16.9. The van der Waals surface area contributed by atoms with E-state index in [4.69, 9.17) is 23.8 Å². The summed E-state index contributed by atoms with van der Waals surface area (Å²) in [7, 11) is 0. The molecule has 22 heavy (non-hydrogen) atoms. The van der Waals surface area contributed by atoms with E-state index in [1.54, 1.807) is 0 Å². The molecule has 0 aliphatic carbocycles. The molecule has 0 fully saturated rings. The quantitative estimate of drug-likeness (QED) is 0.744. The highest BCUT2D eigenvalue weighted by molar-refractivity contribution is 9.10. The molecule has 0 saturated heterocycles. The van der Waals surface area contributed by atoms with Crippen LogP contribution in [0.5, 0.6) is 0 Å². The second-order valence-electron chi connectivity index (χ2n) is 4.60. The largest absolute Gasteiger partial charge is 0.332 e. The Bertz CT molecular complexity index is 676. The van der Waals surface area contributed by atoms with Gasteiger partial charge in [-0.05, 0) is 54.5 Å². The molecule has 0 atom stereocenters. The first-order valence-corrected chi connectivity index (χ1v) is 8.22. The van der Waals surface area contributed by atoms with E-state index >= 15 is 0 Å². The average Bonchev–Trinajstić information content (AvgIpc) is 2.49. The van der Waals surface area contributed by atoms with Crippen LogP contribution in [0.15, 0.2) is 53.0 Å². The van der Waals surface area contributed by atoms with Crippen molar-refractivity contribution in [1.29, 1.82) is 0 Å². The summed E-state index contributed by atoms with van der Waals surface area (Å²) in [4.78, 5) is 11.9. The first-order valence-electron chi connectivity index (χ1n) is 6.64. The zero-order valence-electron chi connectivity index (χ0n) is 11.6. The number of carbonyl (C=O) groups excluding carboxylic acids is 1. The molecule has 0 spiro atoms. The Morgan fingerprint density at radius 3 is 2.50 bits per heavy atom. The Labute approximate surface area is 148 Å². The van der Waals surface area contributed by atoms with Gasteiger partial charge in [0.15, 0.2) is 5.11 Å². The third-order valence-corrected chi connectivity index (χ3v) is 4.04. The third-order valence-electron chi connectivity index (χ3n) is 2.93. The van der Waals surface area contributed by atoms with Crippen LogP contribution in [-0.2, 0) is 11.2 Å². The average molecular weight is 398 g/mol. The summed E-state index contributed by atoms with van der Waals surface area (Å²) in [5, 5.41) is 6.58. The number of thiocarbonyl (C=S) groups is 1. The summed E-state index contributed by atoms with van der Waals surface area (Å²) >= 11 is 14.5. The van der Waals surface area contributed by atoms with E-state index in [9.17, 15) is 4.79 Å². The molecular weight excluding hydrogens is 384 g/mol. The van der Waals surface area contributed by atoms with Crippen LogP contribution in [0.2, 0.25) is 5.02 Å². The molecule has 0 unspecified atom stereocenters. The Morgan fingerprint density at radius 2 is 1.82 bits per heavy atom. The van der Waals surface area contributed by atoms with Gasteiger partial charge in [-0.25, -0.2) is 0 Å². The van der Waals surface area contributed by atoms with Gasteiger partial charge in [-0.15, -0.1) is 0 Å². The van der Waals surface area contributed by atoms with Crippen LogP contribution in [0.3, 0.4) is 0 Å². The monoisotopic (exact) mass is 396 g/mol. The molecule has 114 valence electrons. The van der Waals surface area contributed by atoms with Crippen molar-refractivity contribution in [1.82, 2.24) is 5.32 Å². The van der Waals surface area contributed by atoms with E-state index in [0.29, 0.717) is 17.9 Å². The Hall–Kier alpha value is -1.43. The summed E-state index contributed by atoms with van der Waals surface area (Å²) in [5.74, 6) is -0.144. The fraction of sp³-hybridized carbons (Fsp3) is 0.125. The minimum atomic E-state index is -0.144. The van der Waals surface area contributed by atoms with E-state index in [0.717, 1.165) is 15.7 Å². The molecule has 0 aliphatic heterocycles. The maximum absolute atomic E-state index is 11.9. The number of halogens is 2. The zero-order chi connectivity index (χ0) is 15.9. The number of anilines is 1. The van der Waals surface area contributed by atoms with E-state index in [2.05, 4.69) is 26.6 Å². The molecule has 6 heteroatoms. The molecule has 1 amide bonds. The lowest BCUT2D eigenvalue weighted by atomic mass is 10.1. The SMILES string of the molecule is O=C(CCc1ccccc1Cl)NC(=S)Nc1ccc(Br)cc1. The molecular formula is C16H14BrClN2OS. The maximum Gasteiger partial charge on any atom is 0.226 e. The maximum atomic E-state index is 11.9. The van der Waals surface area contributed by atoms with Crippen molar-refractivity contribution in [3.8, 4) is 0 Å². The molecule has 0 saturated carbocycles. The second-order valence-corrected chi connectivity index (χ2v) is 6.33. The lowest BCUT2D eigenvalue weighted by Gasteiger charge is -2.10. The van der Waals surface area contributed by atoms with E-state index in [1.165, 1.54) is 0 Å². The molecule has 0 aliphatic rings. The van der Waals surface area contributed by atoms with Crippen LogP contribution in [-0.4, -0.2) is 11.0 Å². The van der Waals surface area contributed by atoms with E-state index in [1.807, 2.05) is 48.5 Å². The van der Waals surface area contributed by atoms with Crippen LogP contribution in [0.4, 0.5) is 5.69 Å². The van der Waals surface area contributed by atoms with Gasteiger partial charge in [0, 0.05) is 21.6 Å². The van der Waals surface area contributed by atoms with Crippen LogP contribution in [0.1, 0.15) is 12.0 Å². The minimum absolute atomic E-state index is 0.144. The van der Waals surface area contributed by atoms with Crippen LogP contribution in [0.25, 0.3) is 0 Å². The van der Waals surface area contributed by atoms with Crippen molar-refractivity contribution in [3.63, 3.8) is 0 Å². The summed E-state index contributed by atoms with van der Waals surface area (Å²) in [5.41, 5.74) is 1.77. The molecule has 3 nitrogen and oxygen atoms in total. The lowest BCUT2D eigenvalue weighted by Crippen LogP contribution is -2.34. The lowest BCUT2D eigenvalue weighted by molar-refractivity contribution is -0.119. The van der Waals surface area contributed by atoms with Crippen LogP contribution >= 0.6 is 39.7 Å². The molecule has 0 bridgehead atoms. The molecule has 0 radical (unpaired) electrons. The standard InChI is InChI=1S/C16H14BrClN2OS/c17-12-6-8-13(9-7-12)19-16(22)20-15(21)10-5-11-3-1-2-4-14(11)18/h1-4,6-9H,5,10H2,(H2,19,20,21,22). The summed E-state index contributed by atoms with van der Waals surface area (Å²) in [6.07, 6.45) is 0.901. The minimum Gasteiger partial charge on any atom is -0.332 e. The van der Waals surface area contributed by atoms with Crippen molar-refractivity contribution >= 4 is 56.5 Å². The third kappa shape index (κ3) is 5.40. The number of nitrogens with one attached hydrogen (secondary N) is 2. The normalized spacial score (nSPS) is 10.1. The van der Waals surface area contributed by atoms with Crippen molar-refractivity contribution < 1.29 is 4.79 Å². The summed E-state index contributed by atoms with van der Waals surface area (Å²) in [6.45, 7) is 0. The van der Waals surface area contributed by atoms with Gasteiger partial charge in [0.25, 0.3) is 0 Å². The van der Waals surface area contributed by atoms with E-state index in [-0.39, 0.29) is 11.0 Å². The molecule has 2 aromatic carbocycles. The fourth-order valence-electron chi connectivity index (χ4n) is 1.83. The Kier molecular flexibility index (Phi) is 6.36. The number of carbonyl (C=O) groups is 1. The summed E-state index contributed by atoms with van der Waals surface area (Å²) < 4.78 is 0.979. The highest BCUT2D eigenvalue weighted by Crippen LogP contribution is 2.16. The van der Waals surface area contributed by atoms with Gasteiger partial charge in [0.05, 0.1) is 0 Å². The van der Waals surface area contributed by atoms with Crippen LogP contribution < -0.4 is 10.6 Å². The first-order chi connectivity index (χ1) is 10.5. The van der Waals surface area contributed by atoms with E-state index < -0.39 is 0 Å². The fourth-order valence-corrected chi connectivity index (χ4v) is 2.56. The van der Waals surface area contributed by atoms with Crippen molar-refractivity contribution in [2.45, 2.75) is 12.8 Å². The van der Waals surface area contributed by atoms with Gasteiger partial charge in [0.1, 0.15) is 0 Å². The highest BCUT2D eigenvalue weighted by atomic mass is 79.9. The molecule has 2 aromatic rings. The van der Waals surface area contributed by atoms with Gasteiger partial charge in [-0.1, -0.05) is 45.7 Å². The number of aryl methyl sites for hydroxylation is 1. The Balaban J connectivity index is 1.80. The summed E-state index contributed by atoms with van der Waals surface area (Å²) in [6, 6.07) is 15.0.